The Morgan fingerprint density at radius 1 is 1.00 bits per heavy atom. The summed E-state index contributed by atoms with van der Waals surface area (Å²) in [7, 11) is -3.98. The van der Waals surface area contributed by atoms with Crippen LogP contribution in [0.15, 0.2) is 65.8 Å². The van der Waals surface area contributed by atoms with Gasteiger partial charge in [-0.2, -0.15) is 4.31 Å². The fourth-order valence-electron chi connectivity index (χ4n) is 4.32. The fourth-order valence-corrected chi connectivity index (χ4v) is 6.73. The third-order valence-corrected chi connectivity index (χ3v) is 8.89. The molecule has 0 unspecified atom stereocenters. The second kappa shape index (κ2) is 10.1. The molecule has 1 heterocycles. The van der Waals surface area contributed by atoms with Crippen molar-refractivity contribution < 1.29 is 12.8 Å². The molecule has 1 fully saturated rings. The van der Waals surface area contributed by atoms with Crippen LogP contribution in [-0.2, 0) is 16.6 Å². The largest absolute Gasteiger partial charge is 0.365 e. The van der Waals surface area contributed by atoms with Crippen LogP contribution < -0.4 is 5.32 Å². The second-order valence-corrected chi connectivity index (χ2v) is 13.2. The van der Waals surface area contributed by atoms with Gasteiger partial charge in [-0.05, 0) is 87.2 Å². The minimum Gasteiger partial charge on any atom is -0.365 e. The zero-order valence-electron chi connectivity index (χ0n) is 21.2. The van der Waals surface area contributed by atoms with Crippen molar-refractivity contribution in [1.29, 1.82) is 0 Å². The number of sulfonamides is 1. The van der Waals surface area contributed by atoms with Crippen LogP contribution in [0.4, 0.5) is 10.2 Å². The lowest BCUT2D eigenvalue weighted by Crippen LogP contribution is -2.33. The maximum Gasteiger partial charge on any atom is 0.245 e. The van der Waals surface area contributed by atoms with Gasteiger partial charge in [0.1, 0.15) is 22.9 Å². The number of fused-ring (bicyclic) bond motifs is 1. The molecule has 1 aliphatic carbocycles. The molecule has 1 saturated carbocycles. The molecule has 10 heteroatoms. The molecule has 0 amide bonds. The van der Waals surface area contributed by atoms with Crippen molar-refractivity contribution >= 4 is 49.9 Å². The monoisotopic (exact) mass is 572 g/mol. The highest BCUT2D eigenvalue weighted by atomic mass is 35.5. The SMILES string of the molecule is CC(C)(C)Nc1ncnc2ccc(-c3ccc(F)c(CN(C4CC4)S(=O)(=O)c4ccc(Cl)cc4Cl)c3)cc12. The molecule has 6 nitrogen and oxygen atoms in total. The van der Waals surface area contributed by atoms with E-state index in [1.807, 2.05) is 39.0 Å². The van der Waals surface area contributed by atoms with Crippen LogP contribution in [0.1, 0.15) is 39.2 Å². The van der Waals surface area contributed by atoms with Crippen LogP contribution in [0.5, 0.6) is 0 Å². The van der Waals surface area contributed by atoms with E-state index in [1.165, 1.54) is 34.9 Å². The number of anilines is 1. The fraction of sp³-hybridized carbons (Fsp3) is 0.286. The van der Waals surface area contributed by atoms with Crippen molar-refractivity contribution in [1.82, 2.24) is 14.3 Å². The molecule has 1 N–H and O–H groups in total. The summed E-state index contributed by atoms with van der Waals surface area (Å²) in [6.45, 7) is 6.04. The van der Waals surface area contributed by atoms with Crippen LogP contribution in [0.25, 0.3) is 22.0 Å². The van der Waals surface area contributed by atoms with Crippen LogP contribution in [0.2, 0.25) is 10.0 Å². The summed E-state index contributed by atoms with van der Waals surface area (Å²) in [4.78, 5) is 8.75. The lowest BCUT2D eigenvalue weighted by molar-refractivity contribution is 0.391. The molecule has 198 valence electrons. The number of rotatable bonds is 7. The zero-order valence-corrected chi connectivity index (χ0v) is 23.5. The van der Waals surface area contributed by atoms with Gasteiger partial charge in [0.05, 0.1) is 10.5 Å². The van der Waals surface area contributed by atoms with Crippen LogP contribution in [-0.4, -0.2) is 34.3 Å². The average Bonchev–Trinajstić information content (AvgIpc) is 3.67. The summed E-state index contributed by atoms with van der Waals surface area (Å²) in [5.41, 5.74) is 2.45. The lowest BCUT2D eigenvalue weighted by atomic mass is 10.0. The smallest absolute Gasteiger partial charge is 0.245 e. The van der Waals surface area contributed by atoms with Crippen molar-refractivity contribution in [3.05, 3.63) is 82.4 Å². The Bertz CT molecular complexity index is 1640. The standard InChI is InChI=1S/C28H27Cl2FN4O2S/c1-28(2,3)34-27-22-13-18(5-10-25(22)32-16-33-27)17-4-9-24(31)19(12-17)15-35(21-7-8-21)38(36,37)26-11-6-20(29)14-23(26)30/h4-6,9-14,16,21H,7-8,15H2,1-3H3,(H,32,33,34). The third-order valence-electron chi connectivity index (χ3n) is 6.27. The van der Waals surface area contributed by atoms with Crippen molar-refractivity contribution in [2.24, 2.45) is 0 Å². The van der Waals surface area contributed by atoms with E-state index in [0.717, 1.165) is 22.0 Å². The normalized spacial score (nSPS) is 14.3. The van der Waals surface area contributed by atoms with Gasteiger partial charge in [-0.3, -0.25) is 0 Å². The summed E-state index contributed by atoms with van der Waals surface area (Å²) in [5.74, 6) is 0.230. The first-order valence-corrected chi connectivity index (χ1v) is 14.4. The molecule has 5 rings (SSSR count). The molecular weight excluding hydrogens is 546 g/mol. The number of hydrogen-bond donors (Lipinski definition) is 1. The number of nitrogens with zero attached hydrogens (tertiary/aromatic N) is 3. The number of aromatic nitrogens is 2. The molecule has 0 saturated heterocycles. The summed E-state index contributed by atoms with van der Waals surface area (Å²) in [6, 6.07) is 14.6. The van der Waals surface area contributed by atoms with Crippen LogP contribution in [0, 0.1) is 5.82 Å². The number of benzene rings is 3. The van der Waals surface area contributed by atoms with E-state index in [0.29, 0.717) is 23.7 Å². The summed E-state index contributed by atoms with van der Waals surface area (Å²) < 4.78 is 43.5. The average molecular weight is 574 g/mol. The topological polar surface area (TPSA) is 75.2 Å². The van der Waals surface area contributed by atoms with Gasteiger partial charge in [0.25, 0.3) is 0 Å². The Morgan fingerprint density at radius 2 is 1.71 bits per heavy atom. The Kier molecular flexibility index (Phi) is 7.11. The number of nitrogens with one attached hydrogen (secondary N) is 1. The Hall–Kier alpha value is -2.78. The minimum atomic E-state index is -3.98. The van der Waals surface area contributed by atoms with E-state index in [4.69, 9.17) is 23.2 Å². The van der Waals surface area contributed by atoms with Gasteiger partial charge in [0, 0.05) is 34.1 Å². The van der Waals surface area contributed by atoms with E-state index >= 15 is 4.39 Å². The molecule has 1 aromatic heterocycles. The van der Waals surface area contributed by atoms with Gasteiger partial charge in [0.2, 0.25) is 10.0 Å². The van der Waals surface area contributed by atoms with Gasteiger partial charge in [-0.1, -0.05) is 35.3 Å². The van der Waals surface area contributed by atoms with Gasteiger partial charge in [-0.25, -0.2) is 22.8 Å². The molecule has 0 aliphatic heterocycles. The zero-order chi connectivity index (χ0) is 27.2. The van der Waals surface area contributed by atoms with Gasteiger partial charge in [0.15, 0.2) is 0 Å². The highest BCUT2D eigenvalue weighted by molar-refractivity contribution is 7.89. The Labute approximate surface area is 231 Å². The highest BCUT2D eigenvalue weighted by Gasteiger charge is 2.39. The van der Waals surface area contributed by atoms with E-state index in [2.05, 4.69) is 15.3 Å². The first-order chi connectivity index (χ1) is 17.9. The molecule has 0 spiro atoms. The highest BCUT2D eigenvalue weighted by Crippen LogP contribution is 2.37. The quantitative estimate of drug-likeness (QED) is 0.251. The first kappa shape index (κ1) is 26.8. The van der Waals surface area contributed by atoms with Crippen molar-refractivity contribution in [3.8, 4) is 11.1 Å². The van der Waals surface area contributed by atoms with E-state index < -0.39 is 15.8 Å². The first-order valence-electron chi connectivity index (χ1n) is 12.2. The van der Waals surface area contributed by atoms with Gasteiger partial charge >= 0.3 is 0 Å². The van der Waals surface area contributed by atoms with Gasteiger partial charge < -0.3 is 5.32 Å². The van der Waals surface area contributed by atoms with E-state index in [-0.39, 0.29) is 33.6 Å². The van der Waals surface area contributed by atoms with E-state index in [9.17, 15) is 8.42 Å². The maximum atomic E-state index is 15.1. The minimum absolute atomic E-state index is 0.0374. The summed E-state index contributed by atoms with van der Waals surface area (Å²) in [6.07, 6.45) is 2.94. The molecule has 4 aromatic rings. The summed E-state index contributed by atoms with van der Waals surface area (Å²) >= 11 is 12.2. The van der Waals surface area contributed by atoms with Crippen molar-refractivity contribution in [2.45, 2.75) is 56.6 Å². The molecule has 1 aliphatic rings. The predicted octanol–water partition coefficient (Wildman–Crippen LogP) is 7.31. The predicted molar refractivity (Wildman–Crippen MR) is 151 cm³/mol. The Balaban J connectivity index is 1.52. The van der Waals surface area contributed by atoms with Crippen LogP contribution >= 0.6 is 23.2 Å². The number of hydrogen-bond acceptors (Lipinski definition) is 5. The van der Waals surface area contributed by atoms with Crippen molar-refractivity contribution in [3.63, 3.8) is 0 Å². The van der Waals surface area contributed by atoms with Crippen LogP contribution in [0.3, 0.4) is 0 Å². The molecule has 0 bridgehead atoms. The molecule has 38 heavy (non-hydrogen) atoms. The van der Waals surface area contributed by atoms with Gasteiger partial charge in [-0.15, -0.1) is 0 Å². The van der Waals surface area contributed by atoms with Crippen molar-refractivity contribution in [2.75, 3.05) is 5.32 Å². The third kappa shape index (κ3) is 5.64. The summed E-state index contributed by atoms with van der Waals surface area (Å²) in [5, 5.41) is 4.62. The van der Waals surface area contributed by atoms with E-state index in [1.54, 1.807) is 12.1 Å². The molecular formula is C28H27Cl2FN4O2S. The lowest BCUT2D eigenvalue weighted by Gasteiger charge is -2.23. The Morgan fingerprint density at radius 3 is 2.39 bits per heavy atom. The maximum absolute atomic E-state index is 15.1. The molecule has 3 aromatic carbocycles. The molecule has 0 radical (unpaired) electrons. The number of halogens is 3. The molecule has 0 atom stereocenters. The second-order valence-electron chi connectivity index (χ2n) is 10.5.